The molecule has 0 radical (unpaired) electrons. The summed E-state index contributed by atoms with van der Waals surface area (Å²) in [5.74, 6) is -0.703. The Hall–Kier alpha value is -2.19. The summed E-state index contributed by atoms with van der Waals surface area (Å²) in [6.45, 7) is 4.10. The summed E-state index contributed by atoms with van der Waals surface area (Å²) in [6, 6.07) is 4.52. The highest BCUT2D eigenvalue weighted by molar-refractivity contribution is 5.95. The lowest BCUT2D eigenvalue weighted by Crippen LogP contribution is -2.57. The van der Waals surface area contributed by atoms with E-state index < -0.39 is 10.9 Å². The molecule has 0 unspecified atom stereocenters. The first-order chi connectivity index (χ1) is 13.1. The Morgan fingerprint density at radius 1 is 1.30 bits per heavy atom. The molecule has 8 nitrogen and oxygen atoms in total. The number of benzene rings is 1. The van der Waals surface area contributed by atoms with Crippen LogP contribution in [0, 0.1) is 10.1 Å². The first-order valence-electron chi connectivity index (χ1n) is 9.49. The minimum Gasteiger partial charge on any atom is -0.465 e. The van der Waals surface area contributed by atoms with Gasteiger partial charge in [-0.3, -0.25) is 15.0 Å². The van der Waals surface area contributed by atoms with Crippen LogP contribution in [0.1, 0.15) is 42.5 Å². The van der Waals surface area contributed by atoms with Crippen LogP contribution in [-0.4, -0.2) is 61.3 Å². The maximum atomic E-state index is 11.9. The van der Waals surface area contributed by atoms with E-state index in [4.69, 9.17) is 9.47 Å². The van der Waals surface area contributed by atoms with Gasteiger partial charge >= 0.3 is 5.97 Å². The number of anilines is 1. The molecule has 1 aromatic carbocycles. The molecule has 1 saturated heterocycles. The van der Waals surface area contributed by atoms with E-state index in [2.05, 4.69) is 10.2 Å². The van der Waals surface area contributed by atoms with E-state index in [9.17, 15) is 14.9 Å². The number of rotatable bonds is 6. The van der Waals surface area contributed by atoms with Crippen molar-refractivity contribution in [1.82, 2.24) is 4.90 Å². The number of carbonyl (C=O) groups is 1. The number of esters is 1. The number of nitro benzene ring substituents is 1. The number of methoxy groups -OCH3 is 1. The number of nitrogens with zero attached hydrogens (tertiary/aromatic N) is 2. The number of nitrogens with one attached hydrogen (secondary N) is 1. The predicted octanol–water partition coefficient (Wildman–Crippen LogP) is 2.83. The maximum absolute atomic E-state index is 11.9. The van der Waals surface area contributed by atoms with Crippen molar-refractivity contribution in [1.29, 1.82) is 0 Å². The van der Waals surface area contributed by atoms with E-state index in [0.29, 0.717) is 5.69 Å². The summed E-state index contributed by atoms with van der Waals surface area (Å²) in [7, 11) is 1.22. The number of hydrogen-bond donors (Lipinski definition) is 1. The molecule has 2 fully saturated rings. The van der Waals surface area contributed by atoms with Gasteiger partial charge in [-0.1, -0.05) is 19.3 Å². The van der Waals surface area contributed by atoms with Gasteiger partial charge in [0, 0.05) is 36.9 Å². The van der Waals surface area contributed by atoms with Crippen LogP contribution in [0.4, 0.5) is 11.4 Å². The SMILES string of the molecule is COC(=O)c1cc(NCC2(N3CCOCC3)CCCCC2)ccc1[N+](=O)[O-]. The van der Waals surface area contributed by atoms with Gasteiger partial charge in [0.25, 0.3) is 5.69 Å². The molecule has 0 spiro atoms. The lowest BCUT2D eigenvalue weighted by atomic mass is 9.79. The molecule has 1 aliphatic carbocycles. The van der Waals surface area contributed by atoms with Crippen LogP contribution in [0.25, 0.3) is 0 Å². The number of carbonyl (C=O) groups excluding carboxylic acids is 1. The molecule has 148 valence electrons. The van der Waals surface area contributed by atoms with Crippen molar-refractivity contribution in [3.63, 3.8) is 0 Å². The zero-order valence-electron chi connectivity index (χ0n) is 15.7. The maximum Gasteiger partial charge on any atom is 0.344 e. The van der Waals surface area contributed by atoms with Gasteiger partial charge in [0.05, 0.1) is 25.2 Å². The summed E-state index contributed by atoms with van der Waals surface area (Å²) >= 11 is 0. The average Bonchev–Trinajstić information content (AvgIpc) is 2.72. The Labute approximate surface area is 159 Å². The summed E-state index contributed by atoms with van der Waals surface area (Å²) in [6.07, 6.45) is 5.91. The summed E-state index contributed by atoms with van der Waals surface area (Å²) in [5.41, 5.74) is 0.485. The zero-order valence-corrected chi connectivity index (χ0v) is 15.7. The third-order valence-electron chi connectivity index (χ3n) is 5.69. The molecule has 0 bridgehead atoms. The van der Waals surface area contributed by atoms with E-state index in [-0.39, 0.29) is 16.8 Å². The summed E-state index contributed by atoms with van der Waals surface area (Å²) in [4.78, 5) is 25.1. The van der Waals surface area contributed by atoms with E-state index in [1.807, 2.05) is 0 Å². The van der Waals surface area contributed by atoms with E-state index in [0.717, 1.165) is 45.7 Å². The highest BCUT2D eigenvalue weighted by Crippen LogP contribution is 2.35. The smallest absolute Gasteiger partial charge is 0.344 e. The molecule has 0 atom stereocenters. The number of nitro groups is 1. The van der Waals surface area contributed by atoms with Crippen LogP contribution < -0.4 is 5.32 Å². The van der Waals surface area contributed by atoms with E-state index in [1.54, 1.807) is 6.07 Å². The summed E-state index contributed by atoms with van der Waals surface area (Å²) < 4.78 is 10.2. The molecule has 27 heavy (non-hydrogen) atoms. The lowest BCUT2D eigenvalue weighted by molar-refractivity contribution is -0.385. The Balaban J connectivity index is 1.78. The second-order valence-electron chi connectivity index (χ2n) is 7.22. The molecular weight excluding hydrogens is 350 g/mol. The number of ether oxygens (including phenoxy) is 2. The van der Waals surface area contributed by atoms with Gasteiger partial charge in [-0.05, 0) is 25.0 Å². The molecule has 1 heterocycles. The fraction of sp³-hybridized carbons (Fsp3) is 0.632. The Kier molecular flexibility index (Phi) is 6.28. The van der Waals surface area contributed by atoms with Gasteiger partial charge in [0.1, 0.15) is 5.56 Å². The van der Waals surface area contributed by atoms with Crippen molar-refractivity contribution in [2.45, 2.75) is 37.6 Å². The molecular formula is C19H27N3O5. The topological polar surface area (TPSA) is 93.9 Å². The Morgan fingerprint density at radius 3 is 2.63 bits per heavy atom. The van der Waals surface area contributed by atoms with Crippen LogP contribution in [0.3, 0.4) is 0 Å². The van der Waals surface area contributed by atoms with Gasteiger partial charge < -0.3 is 14.8 Å². The first-order valence-corrected chi connectivity index (χ1v) is 9.49. The van der Waals surface area contributed by atoms with Crippen molar-refractivity contribution < 1.29 is 19.2 Å². The highest BCUT2D eigenvalue weighted by atomic mass is 16.6. The predicted molar refractivity (Wildman–Crippen MR) is 101 cm³/mol. The minimum absolute atomic E-state index is 0.0310. The van der Waals surface area contributed by atoms with Gasteiger partial charge in [-0.15, -0.1) is 0 Å². The van der Waals surface area contributed by atoms with Gasteiger partial charge in [-0.2, -0.15) is 0 Å². The van der Waals surface area contributed by atoms with Gasteiger partial charge in [-0.25, -0.2) is 4.79 Å². The van der Waals surface area contributed by atoms with Crippen molar-refractivity contribution in [3.05, 3.63) is 33.9 Å². The second-order valence-corrected chi connectivity index (χ2v) is 7.22. The lowest BCUT2D eigenvalue weighted by Gasteiger charge is -2.48. The number of hydrogen-bond acceptors (Lipinski definition) is 7. The van der Waals surface area contributed by atoms with Crippen LogP contribution in [0.2, 0.25) is 0 Å². The molecule has 3 rings (SSSR count). The minimum atomic E-state index is -0.703. The quantitative estimate of drug-likeness (QED) is 0.463. The van der Waals surface area contributed by atoms with Crippen LogP contribution in [-0.2, 0) is 9.47 Å². The molecule has 0 amide bonds. The van der Waals surface area contributed by atoms with Gasteiger partial charge in [0.15, 0.2) is 0 Å². The monoisotopic (exact) mass is 377 g/mol. The highest BCUT2D eigenvalue weighted by Gasteiger charge is 2.38. The Morgan fingerprint density at radius 2 is 2.00 bits per heavy atom. The van der Waals surface area contributed by atoms with Crippen LogP contribution in [0.5, 0.6) is 0 Å². The molecule has 1 aromatic rings. The third kappa shape index (κ3) is 4.39. The van der Waals surface area contributed by atoms with E-state index >= 15 is 0 Å². The fourth-order valence-electron chi connectivity index (χ4n) is 4.20. The van der Waals surface area contributed by atoms with Crippen molar-refractivity contribution in [3.8, 4) is 0 Å². The normalized spacial score (nSPS) is 20.0. The largest absolute Gasteiger partial charge is 0.465 e. The second kappa shape index (κ2) is 8.67. The van der Waals surface area contributed by atoms with Gasteiger partial charge in [0.2, 0.25) is 0 Å². The van der Waals surface area contributed by atoms with Crippen molar-refractivity contribution >= 4 is 17.3 Å². The zero-order chi connectivity index (χ0) is 19.3. The number of morpholine rings is 1. The van der Waals surface area contributed by atoms with Crippen LogP contribution in [0.15, 0.2) is 18.2 Å². The van der Waals surface area contributed by atoms with Crippen molar-refractivity contribution in [2.75, 3.05) is 45.3 Å². The Bertz CT molecular complexity index is 682. The molecule has 0 aromatic heterocycles. The molecule has 2 aliphatic rings. The van der Waals surface area contributed by atoms with E-state index in [1.165, 1.54) is 38.5 Å². The van der Waals surface area contributed by atoms with Crippen LogP contribution >= 0.6 is 0 Å². The molecule has 1 saturated carbocycles. The molecule has 1 N–H and O–H groups in total. The fourth-order valence-corrected chi connectivity index (χ4v) is 4.20. The molecule has 1 aliphatic heterocycles. The van der Waals surface area contributed by atoms with Crippen molar-refractivity contribution in [2.24, 2.45) is 0 Å². The first kappa shape index (κ1) is 19.6. The standard InChI is InChI=1S/C19H27N3O5/c1-26-18(23)16-13-15(5-6-17(16)22(24)25)20-14-19(7-3-2-4-8-19)21-9-11-27-12-10-21/h5-6,13,20H,2-4,7-12,14H2,1H3. The average molecular weight is 377 g/mol. The molecule has 8 heteroatoms. The summed E-state index contributed by atoms with van der Waals surface area (Å²) in [5, 5.41) is 14.6. The third-order valence-corrected chi connectivity index (χ3v) is 5.69.